The quantitative estimate of drug-likeness (QED) is 0.279. The predicted molar refractivity (Wildman–Crippen MR) is 142 cm³/mol. The average Bonchev–Trinajstić information content (AvgIpc) is 3.48. The van der Waals surface area contributed by atoms with E-state index in [4.69, 9.17) is 21.6 Å². The fourth-order valence-corrected chi connectivity index (χ4v) is 5.58. The van der Waals surface area contributed by atoms with Gasteiger partial charge in [-0.15, -0.1) is 11.3 Å². The van der Waals surface area contributed by atoms with Crippen molar-refractivity contribution < 1.29 is 4.79 Å². The van der Waals surface area contributed by atoms with Crippen molar-refractivity contribution in [3.05, 3.63) is 94.3 Å². The van der Waals surface area contributed by atoms with Crippen LogP contribution in [0.5, 0.6) is 0 Å². The number of hydrogen-bond acceptors (Lipinski definition) is 4. The number of imidazole rings is 1. The normalized spacial score (nSPS) is 14.2. The Morgan fingerprint density at radius 2 is 1.83 bits per heavy atom. The van der Waals surface area contributed by atoms with E-state index >= 15 is 0 Å². The molecule has 5 aromatic rings. The SMILES string of the molecule is CNC(=O)c1ccc2c(c1)nc(-c1nc(-c3ccc(Cl)cc3)cs1)n2[C@@H](c1ccccc1)C1CC1. The number of benzene rings is 3. The third-order valence-electron chi connectivity index (χ3n) is 6.50. The summed E-state index contributed by atoms with van der Waals surface area (Å²) in [6.07, 6.45) is 2.37. The molecule has 2 aromatic heterocycles. The number of rotatable bonds is 6. The van der Waals surface area contributed by atoms with Crippen molar-refractivity contribution in [2.75, 3.05) is 7.05 Å². The van der Waals surface area contributed by atoms with Crippen molar-refractivity contribution in [1.82, 2.24) is 19.9 Å². The average molecular weight is 499 g/mol. The summed E-state index contributed by atoms with van der Waals surface area (Å²) in [5.41, 5.74) is 5.58. The van der Waals surface area contributed by atoms with Crippen LogP contribution >= 0.6 is 22.9 Å². The summed E-state index contributed by atoms with van der Waals surface area (Å²) in [5.74, 6) is 1.26. The lowest BCUT2D eigenvalue weighted by Crippen LogP contribution is -2.17. The maximum Gasteiger partial charge on any atom is 0.251 e. The molecule has 5 nitrogen and oxygen atoms in total. The van der Waals surface area contributed by atoms with E-state index in [2.05, 4.69) is 45.6 Å². The summed E-state index contributed by atoms with van der Waals surface area (Å²) in [4.78, 5) is 22.3. The van der Waals surface area contributed by atoms with Gasteiger partial charge < -0.3 is 9.88 Å². The Bertz CT molecular complexity index is 1520. The Morgan fingerprint density at radius 3 is 2.54 bits per heavy atom. The van der Waals surface area contributed by atoms with Gasteiger partial charge in [0.05, 0.1) is 22.8 Å². The van der Waals surface area contributed by atoms with Crippen LogP contribution in [-0.4, -0.2) is 27.5 Å². The van der Waals surface area contributed by atoms with E-state index in [0.717, 1.165) is 33.1 Å². The molecule has 0 saturated heterocycles. The maximum absolute atomic E-state index is 12.3. The molecule has 0 aliphatic heterocycles. The molecule has 2 heterocycles. The molecule has 174 valence electrons. The Labute approximate surface area is 212 Å². The highest BCUT2D eigenvalue weighted by Crippen LogP contribution is 2.47. The van der Waals surface area contributed by atoms with Gasteiger partial charge in [-0.05, 0) is 54.7 Å². The van der Waals surface area contributed by atoms with Crippen LogP contribution in [0.2, 0.25) is 5.02 Å². The van der Waals surface area contributed by atoms with Gasteiger partial charge in [0.2, 0.25) is 0 Å². The summed E-state index contributed by atoms with van der Waals surface area (Å²) in [6.45, 7) is 0. The zero-order valence-corrected chi connectivity index (χ0v) is 20.7. The Hall–Kier alpha value is -3.48. The second kappa shape index (κ2) is 8.95. The van der Waals surface area contributed by atoms with Gasteiger partial charge in [-0.1, -0.05) is 54.1 Å². The van der Waals surface area contributed by atoms with Gasteiger partial charge in [0.15, 0.2) is 10.8 Å². The number of fused-ring (bicyclic) bond motifs is 1. The second-order valence-corrected chi connectivity index (χ2v) is 10.1. The third-order valence-corrected chi connectivity index (χ3v) is 7.59. The molecule has 1 aliphatic rings. The first kappa shape index (κ1) is 22.0. The molecule has 3 aromatic carbocycles. The van der Waals surface area contributed by atoms with E-state index in [0.29, 0.717) is 16.5 Å². The molecule has 1 fully saturated rings. The Morgan fingerprint density at radius 1 is 1.06 bits per heavy atom. The third kappa shape index (κ3) is 4.13. The largest absolute Gasteiger partial charge is 0.355 e. The van der Waals surface area contributed by atoms with Crippen molar-refractivity contribution in [3.63, 3.8) is 0 Å². The van der Waals surface area contributed by atoms with Gasteiger partial charge >= 0.3 is 0 Å². The van der Waals surface area contributed by atoms with Crippen molar-refractivity contribution in [2.24, 2.45) is 5.92 Å². The number of carbonyl (C=O) groups excluding carboxylic acids is 1. The first-order chi connectivity index (χ1) is 17.1. The monoisotopic (exact) mass is 498 g/mol. The number of nitrogens with zero attached hydrogens (tertiary/aromatic N) is 3. The second-order valence-electron chi connectivity index (χ2n) is 8.83. The zero-order chi connectivity index (χ0) is 23.9. The fourth-order valence-electron chi connectivity index (χ4n) is 4.64. The van der Waals surface area contributed by atoms with Gasteiger partial charge in [-0.3, -0.25) is 4.79 Å². The minimum atomic E-state index is -0.121. The highest BCUT2D eigenvalue weighted by Gasteiger charge is 2.36. The number of aromatic nitrogens is 3. The molecule has 7 heteroatoms. The van der Waals surface area contributed by atoms with Crippen molar-refractivity contribution in [2.45, 2.75) is 18.9 Å². The lowest BCUT2D eigenvalue weighted by molar-refractivity contribution is 0.0963. The number of halogens is 1. The van der Waals surface area contributed by atoms with E-state index in [1.54, 1.807) is 18.4 Å². The van der Waals surface area contributed by atoms with E-state index in [1.165, 1.54) is 18.4 Å². The van der Waals surface area contributed by atoms with Crippen LogP contribution in [-0.2, 0) is 0 Å². The van der Waals surface area contributed by atoms with Crippen molar-refractivity contribution in [1.29, 1.82) is 0 Å². The van der Waals surface area contributed by atoms with Gasteiger partial charge in [0.1, 0.15) is 0 Å². The fraction of sp³-hybridized carbons (Fsp3) is 0.179. The summed E-state index contributed by atoms with van der Waals surface area (Å²) in [5, 5.41) is 6.33. The predicted octanol–water partition coefficient (Wildman–Crippen LogP) is 6.84. The topological polar surface area (TPSA) is 59.8 Å². The van der Waals surface area contributed by atoms with Gasteiger partial charge in [-0.25, -0.2) is 9.97 Å². The standard InChI is InChI=1S/C28H23ClN4OS/c1-30-27(34)20-11-14-24-22(15-20)31-26(28-32-23(16-35-28)17-9-12-21(29)13-10-17)33(24)25(19-7-8-19)18-5-3-2-4-6-18/h2-6,9-16,19,25H,7-8H2,1H3,(H,30,34)/t25-/m0/s1. The lowest BCUT2D eigenvalue weighted by atomic mass is 10.0. The molecule has 0 spiro atoms. The van der Waals surface area contributed by atoms with Crippen molar-refractivity contribution in [3.8, 4) is 22.1 Å². The van der Waals surface area contributed by atoms with Crippen LogP contribution in [0, 0.1) is 5.92 Å². The Balaban J connectivity index is 1.54. The van der Waals surface area contributed by atoms with Crippen LogP contribution in [0.4, 0.5) is 0 Å². The first-order valence-corrected chi connectivity index (χ1v) is 12.9. The van der Waals surface area contributed by atoms with Gasteiger partial charge in [-0.2, -0.15) is 0 Å². The van der Waals surface area contributed by atoms with Crippen LogP contribution < -0.4 is 5.32 Å². The molecule has 1 aliphatic carbocycles. The number of thiazole rings is 1. The van der Waals surface area contributed by atoms with Crippen LogP contribution in [0.25, 0.3) is 33.1 Å². The molecule has 1 atom stereocenters. The van der Waals surface area contributed by atoms with Gasteiger partial charge in [0, 0.05) is 28.6 Å². The number of amides is 1. The summed E-state index contributed by atoms with van der Waals surface area (Å²) < 4.78 is 2.33. The van der Waals surface area contributed by atoms with Crippen LogP contribution in [0.3, 0.4) is 0 Å². The summed E-state index contributed by atoms with van der Waals surface area (Å²) in [7, 11) is 1.64. The molecule has 35 heavy (non-hydrogen) atoms. The minimum Gasteiger partial charge on any atom is -0.355 e. The Kier molecular flexibility index (Phi) is 5.63. The molecule has 1 saturated carbocycles. The van der Waals surface area contributed by atoms with E-state index in [-0.39, 0.29) is 11.9 Å². The van der Waals surface area contributed by atoms with Crippen molar-refractivity contribution >= 4 is 39.9 Å². The van der Waals surface area contributed by atoms with Gasteiger partial charge in [0.25, 0.3) is 5.91 Å². The molecule has 1 N–H and O–H groups in total. The summed E-state index contributed by atoms with van der Waals surface area (Å²) in [6, 6.07) is 24.3. The molecule has 0 unspecified atom stereocenters. The number of carbonyl (C=O) groups is 1. The summed E-state index contributed by atoms with van der Waals surface area (Å²) >= 11 is 7.66. The maximum atomic E-state index is 12.3. The highest BCUT2D eigenvalue weighted by atomic mass is 35.5. The zero-order valence-electron chi connectivity index (χ0n) is 19.1. The minimum absolute atomic E-state index is 0.121. The van der Waals surface area contributed by atoms with E-state index < -0.39 is 0 Å². The lowest BCUT2D eigenvalue weighted by Gasteiger charge is -2.22. The molecule has 6 rings (SSSR count). The highest BCUT2D eigenvalue weighted by molar-refractivity contribution is 7.13. The molecular formula is C28H23ClN4OS. The van der Waals surface area contributed by atoms with E-state index in [9.17, 15) is 4.79 Å². The molecule has 1 amide bonds. The first-order valence-electron chi connectivity index (χ1n) is 11.6. The number of hydrogen-bond donors (Lipinski definition) is 1. The molecule has 0 bridgehead atoms. The number of nitrogens with one attached hydrogen (secondary N) is 1. The molecular weight excluding hydrogens is 476 g/mol. The molecule has 0 radical (unpaired) electrons. The van der Waals surface area contributed by atoms with E-state index in [1.807, 2.05) is 42.5 Å². The smallest absolute Gasteiger partial charge is 0.251 e. The van der Waals surface area contributed by atoms with Crippen LogP contribution in [0.15, 0.2) is 78.2 Å². The van der Waals surface area contributed by atoms with Crippen LogP contribution in [0.1, 0.15) is 34.8 Å².